The fourth-order valence-electron chi connectivity index (χ4n) is 1.41. The summed E-state index contributed by atoms with van der Waals surface area (Å²) in [6.07, 6.45) is -2.97. The van der Waals surface area contributed by atoms with E-state index in [1.165, 1.54) is 0 Å². The fraction of sp³-hybridized carbons (Fsp3) is 0.538. The van der Waals surface area contributed by atoms with E-state index in [9.17, 15) is 17.6 Å². The first-order chi connectivity index (χ1) is 9.45. The number of alkyl halides is 4. The summed E-state index contributed by atoms with van der Waals surface area (Å²) in [5.74, 6) is -3.57. The molecular formula is C13H17F4NO2. The van der Waals surface area contributed by atoms with Crippen LogP contribution >= 0.6 is 0 Å². The van der Waals surface area contributed by atoms with Crippen LogP contribution in [0, 0.1) is 0 Å². The quantitative estimate of drug-likeness (QED) is 0.562. The van der Waals surface area contributed by atoms with Crippen LogP contribution in [-0.2, 0) is 11.2 Å². The number of hydrogen-bond acceptors (Lipinski definition) is 3. The first kappa shape index (κ1) is 16.7. The zero-order valence-electron chi connectivity index (χ0n) is 10.8. The van der Waals surface area contributed by atoms with Crippen LogP contribution in [-0.4, -0.2) is 38.7 Å². The standard InChI is InChI=1S/C13H17F4NO2/c14-12(15)13(16,17)9-19-7-8-20-11-3-1-10(2-4-11)5-6-18/h1-4,12H,5-9,18H2. The zero-order valence-corrected chi connectivity index (χ0v) is 10.8. The van der Waals surface area contributed by atoms with Gasteiger partial charge in [-0.2, -0.15) is 8.78 Å². The topological polar surface area (TPSA) is 44.5 Å². The second-order valence-corrected chi connectivity index (χ2v) is 4.15. The van der Waals surface area contributed by atoms with Gasteiger partial charge in [-0.05, 0) is 30.7 Å². The molecule has 0 fully saturated rings. The molecule has 0 saturated carbocycles. The van der Waals surface area contributed by atoms with Crippen LogP contribution in [0.3, 0.4) is 0 Å². The molecule has 20 heavy (non-hydrogen) atoms. The summed E-state index contributed by atoms with van der Waals surface area (Å²) in [5.41, 5.74) is 6.47. The molecule has 1 aromatic carbocycles. The summed E-state index contributed by atoms with van der Waals surface area (Å²) in [7, 11) is 0. The summed E-state index contributed by atoms with van der Waals surface area (Å²) in [4.78, 5) is 0. The molecule has 0 aromatic heterocycles. The van der Waals surface area contributed by atoms with Crippen LogP contribution in [0.15, 0.2) is 24.3 Å². The van der Waals surface area contributed by atoms with Gasteiger partial charge in [0, 0.05) is 0 Å². The average Bonchev–Trinajstić information content (AvgIpc) is 2.40. The molecule has 0 unspecified atom stereocenters. The Labute approximate surface area is 114 Å². The molecule has 2 N–H and O–H groups in total. The van der Waals surface area contributed by atoms with Crippen molar-refractivity contribution in [3.63, 3.8) is 0 Å². The number of halogens is 4. The molecule has 0 aliphatic carbocycles. The van der Waals surface area contributed by atoms with Crippen molar-refractivity contribution in [1.82, 2.24) is 0 Å². The third-order valence-corrected chi connectivity index (χ3v) is 2.47. The largest absolute Gasteiger partial charge is 0.491 e. The van der Waals surface area contributed by atoms with Crippen LogP contribution in [0.2, 0.25) is 0 Å². The highest BCUT2D eigenvalue weighted by Gasteiger charge is 2.40. The number of ether oxygens (including phenoxy) is 2. The Balaban J connectivity index is 2.21. The molecule has 0 spiro atoms. The Kier molecular flexibility index (Phi) is 6.74. The van der Waals surface area contributed by atoms with Gasteiger partial charge in [0.05, 0.1) is 6.61 Å². The Hall–Kier alpha value is -1.34. The summed E-state index contributed by atoms with van der Waals surface area (Å²) >= 11 is 0. The van der Waals surface area contributed by atoms with E-state index in [-0.39, 0.29) is 13.2 Å². The van der Waals surface area contributed by atoms with E-state index in [0.29, 0.717) is 12.3 Å². The minimum absolute atomic E-state index is 0.00948. The maximum atomic E-state index is 12.5. The molecule has 3 nitrogen and oxygen atoms in total. The molecule has 1 aromatic rings. The molecule has 0 heterocycles. The lowest BCUT2D eigenvalue weighted by Crippen LogP contribution is -2.33. The highest BCUT2D eigenvalue weighted by Crippen LogP contribution is 2.22. The molecule has 0 radical (unpaired) electrons. The van der Waals surface area contributed by atoms with Crippen molar-refractivity contribution >= 4 is 0 Å². The van der Waals surface area contributed by atoms with Gasteiger partial charge >= 0.3 is 12.3 Å². The summed E-state index contributed by atoms with van der Waals surface area (Å²) < 4.78 is 58.3. The summed E-state index contributed by atoms with van der Waals surface area (Å²) in [6.45, 7) is -0.946. The third kappa shape index (κ3) is 5.75. The lowest BCUT2D eigenvalue weighted by Gasteiger charge is -2.15. The fourth-order valence-corrected chi connectivity index (χ4v) is 1.41. The predicted molar refractivity (Wildman–Crippen MR) is 66.5 cm³/mol. The minimum Gasteiger partial charge on any atom is -0.491 e. The van der Waals surface area contributed by atoms with Gasteiger partial charge < -0.3 is 15.2 Å². The maximum absolute atomic E-state index is 12.5. The molecule has 1 rings (SSSR count). The van der Waals surface area contributed by atoms with Crippen LogP contribution in [0.5, 0.6) is 5.75 Å². The number of hydrogen-bond donors (Lipinski definition) is 1. The van der Waals surface area contributed by atoms with Gasteiger partial charge in [-0.3, -0.25) is 0 Å². The van der Waals surface area contributed by atoms with Crippen molar-refractivity contribution in [2.75, 3.05) is 26.4 Å². The van der Waals surface area contributed by atoms with E-state index >= 15 is 0 Å². The van der Waals surface area contributed by atoms with E-state index in [4.69, 9.17) is 10.5 Å². The summed E-state index contributed by atoms with van der Waals surface area (Å²) in [6, 6.07) is 7.12. The van der Waals surface area contributed by atoms with Crippen LogP contribution < -0.4 is 10.5 Å². The third-order valence-electron chi connectivity index (χ3n) is 2.47. The maximum Gasteiger partial charge on any atom is 0.330 e. The monoisotopic (exact) mass is 295 g/mol. The molecule has 0 saturated heterocycles. The molecule has 0 aliphatic heterocycles. The lowest BCUT2D eigenvalue weighted by molar-refractivity contribution is -0.166. The first-order valence-corrected chi connectivity index (χ1v) is 6.11. The molecule has 0 atom stereocenters. The van der Waals surface area contributed by atoms with E-state index in [1.54, 1.807) is 12.1 Å². The van der Waals surface area contributed by atoms with Crippen LogP contribution in [0.25, 0.3) is 0 Å². The second kappa shape index (κ2) is 8.06. The first-order valence-electron chi connectivity index (χ1n) is 6.11. The number of nitrogens with two attached hydrogens (primary N) is 1. The molecule has 0 amide bonds. The van der Waals surface area contributed by atoms with Gasteiger partial charge in [-0.15, -0.1) is 0 Å². The molecule has 7 heteroatoms. The average molecular weight is 295 g/mol. The Morgan fingerprint density at radius 1 is 1.10 bits per heavy atom. The highest BCUT2D eigenvalue weighted by atomic mass is 19.3. The van der Waals surface area contributed by atoms with E-state index in [2.05, 4.69) is 4.74 Å². The normalized spacial score (nSPS) is 11.9. The van der Waals surface area contributed by atoms with Gasteiger partial charge in [0.2, 0.25) is 0 Å². The van der Waals surface area contributed by atoms with E-state index < -0.39 is 19.0 Å². The molecule has 114 valence electrons. The van der Waals surface area contributed by atoms with Gasteiger partial charge in [-0.1, -0.05) is 12.1 Å². The van der Waals surface area contributed by atoms with Crippen molar-refractivity contribution in [3.8, 4) is 5.75 Å². The van der Waals surface area contributed by atoms with Crippen LogP contribution in [0.1, 0.15) is 5.56 Å². The Morgan fingerprint density at radius 2 is 1.75 bits per heavy atom. The zero-order chi connectivity index (χ0) is 15.0. The van der Waals surface area contributed by atoms with Gasteiger partial charge in [0.1, 0.15) is 19.0 Å². The van der Waals surface area contributed by atoms with Gasteiger partial charge in [0.25, 0.3) is 0 Å². The van der Waals surface area contributed by atoms with Crippen molar-refractivity contribution in [3.05, 3.63) is 29.8 Å². The SMILES string of the molecule is NCCc1ccc(OCCOCC(F)(F)C(F)F)cc1. The van der Waals surface area contributed by atoms with Crippen molar-refractivity contribution < 1.29 is 27.0 Å². The highest BCUT2D eigenvalue weighted by molar-refractivity contribution is 5.27. The lowest BCUT2D eigenvalue weighted by atomic mass is 10.1. The molecule has 0 bridgehead atoms. The van der Waals surface area contributed by atoms with E-state index in [1.807, 2.05) is 12.1 Å². The summed E-state index contributed by atoms with van der Waals surface area (Å²) in [5, 5.41) is 0. The minimum atomic E-state index is -4.12. The van der Waals surface area contributed by atoms with Gasteiger partial charge in [0.15, 0.2) is 0 Å². The van der Waals surface area contributed by atoms with Crippen LogP contribution in [0.4, 0.5) is 17.6 Å². The van der Waals surface area contributed by atoms with Gasteiger partial charge in [-0.25, -0.2) is 8.78 Å². The number of rotatable bonds is 9. The van der Waals surface area contributed by atoms with Crippen molar-refractivity contribution in [1.29, 1.82) is 0 Å². The Morgan fingerprint density at radius 3 is 2.30 bits per heavy atom. The molecular weight excluding hydrogens is 278 g/mol. The predicted octanol–water partition coefficient (Wildman–Crippen LogP) is 2.48. The second-order valence-electron chi connectivity index (χ2n) is 4.15. The number of benzene rings is 1. The Bertz CT molecular complexity index is 384. The smallest absolute Gasteiger partial charge is 0.330 e. The molecule has 0 aliphatic rings. The van der Waals surface area contributed by atoms with E-state index in [0.717, 1.165) is 12.0 Å². The van der Waals surface area contributed by atoms with Crippen molar-refractivity contribution in [2.45, 2.75) is 18.8 Å². The van der Waals surface area contributed by atoms with Crippen molar-refractivity contribution in [2.24, 2.45) is 5.73 Å².